The van der Waals surface area contributed by atoms with Crippen LogP contribution in [0.5, 0.6) is 0 Å². The van der Waals surface area contributed by atoms with Crippen molar-refractivity contribution in [3.8, 4) is 0 Å². The minimum Gasteiger partial charge on any atom is -0.385 e. The Hall–Kier alpha value is -0.970. The molecule has 1 N–H and O–H groups in total. The molecule has 5 heteroatoms. The van der Waals surface area contributed by atoms with Gasteiger partial charge in [-0.1, -0.05) is 0 Å². The summed E-state index contributed by atoms with van der Waals surface area (Å²) in [5, 5.41) is 18.7. The van der Waals surface area contributed by atoms with Crippen LogP contribution in [0.15, 0.2) is 15.4 Å². The normalized spacial score (nSPS) is 20.0. The Morgan fingerprint density at radius 1 is 1.62 bits per heavy atom. The van der Waals surface area contributed by atoms with Gasteiger partial charge in [0.15, 0.2) is 0 Å². The van der Waals surface area contributed by atoms with E-state index in [4.69, 9.17) is 5.11 Å². The van der Waals surface area contributed by atoms with E-state index in [0.717, 1.165) is 0 Å². The monoisotopic (exact) mass is 113 g/mol. The maximum absolute atomic E-state index is 8.71. The van der Waals surface area contributed by atoms with Crippen molar-refractivity contribution in [3.63, 3.8) is 0 Å². The highest BCUT2D eigenvalue weighted by molar-refractivity contribution is 5.86. The molecule has 0 saturated carbocycles. The molecule has 1 unspecified atom stereocenters. The quantitative estimate of drug-likeness (QED) is 0.496. The molecule has 8 heavy (non-hydrogen) atoms. The van der Waals surface area contributed by atoms with E-state index >= 15 is 0 Å². The van der Waals surface area contributed by atoms with Crippen LogP contribution >= 0.6 is 0 Å². The molecule has 1 aliphatic rings. The Labute approximate surface area is 46.1 Å². The van der Waals surface area contributed by atoms with E-state index in [1.54, 1.807) is 6.92 Å². The summed E-state index contributed by atoms with van der Waals surface area (Å²) in [6, 6.07) is 0. The second-order valence-corrected chi connectivity index (χ2v) is 1.41. The molecule has 0 spiro atoms. The Bertz CT molecular complexity index is 138. The average molecular weight is 113 g/mol. The fourth-order valence-corrected chi connectivity index (χ4v) is 0.319. The smallest absolute Gasteiger partial charge is 0.205 e. The number of nitrogens with zero attached hydrogens (tertiary/aromatic N) is 4. The van der Waals surface area contributed by atoms with Gasteiger partial charge in [-0.3, -0.25) is 0 Å². The second kappa shape index (κ2) is 1.87. The maximum Gasteiger partial charge on any atom is 0.205 e. The van der Waals surface area contributed by atoms with E-state index in [0.29, 0.717) is 0 Å². The van der Waals surface area contributed by atoms with Crippen LogP contribution < -0.4 is 5.53 Å². The summed E-state index contributed by atoms with van der Waals surface area (Å²) >= 11 is 0. The van der Waals surface area contributed by atoms with E-state index in [9.17, 15) is 0 Å². The lowest BCUT2D eigenvalue weighted by Crippen LogP contribution is -2.11. The van der Waals surface area contributed by atoms with E-state index in [2.05, 4.69) is 21.0 Å². The van der Waals surface area contributed by atoms with Crippen LogP contribution in [-0.4, -0.2) is 17.0 Å². The van der Waals surface area contributed by atoms with Crippen LogP contribution in [0.1, 0.15) is 6.92 Å². The molecule has 1 rings (SSSR count). The first-order valence-corrected chi connectivity index (χ1v) is 2.17. The van der Waals surface area contributed by atoms with Gasteiger partial charge in [0.2, 0.25) is 5.84 Å². The van der Waals surface area contributed by atoms with Crippen molar-refractivity contribution in [2.45, 2.75) is 13.0 Å². The highest BCUT2D eigenvalue weighted by Crippen LogP contribution is 1.95. The van der Waals surface area contributed by atoms with Gasteiger partial charge >= 0.3 is 0 Å². The number of aliphatic hydroxyl groups excluding tert-OH is 1. The molecule has 0 amide bonds. The second-order valence-electron chi connectivity index (χ2n) is 1.41. The summed E-state index contributed by atoms with van der Waals surface area (Å²) in [6.45, 7) is 1.55. The van der Waals surface area contributed by atoms with Crippen molar-refractivity contribution in [2.24, 2.45) is 15.4 Å². The zero-order chi connectivity index (χ0) is 5.98. The molecule has 43 valence electrons. The van der Waals surface area contributed by atoms with Crippen LogP contribution in [0.2, 0.25) is 0 Å². The van der Waals surface area contributed by atoms with Crippen LogP contribution in [0.3, 0.4) is 0 Å². The van der Waals surface area contributed by atoms with E-state index in [1.165, 1.54) is 0 Å². The molecule has 5 nitrogen and oxygen atoms in total. The van der Waals surface area contributed by atoms with Crippen molar-refractivity contribution in [1.29, 1.82) is 0 Å². The Kier molecular flexibility index (Phi) is 1.21. The van der Waals surface area contributed by atoms with Crippen molar-refractivity contribution in [1.82, 2.24) is 5.53 Å². The summed E-state index contributed by atoms with van der Waals surface area (Å²) in [7, 11) is 0. The summed E-state index contributed by atoms with van der Waals surface area (Å²) in [6.07, 6.45) is -0.662. The average Bonchev–Trinajstić information content (AvgIpc) is 2.12. The molecule has 0 saturated heterocycles. The van der Waals surface area contributed by atoms with Gasteiger partial charge in [-0.15, -0.1) is 10.2 Å². The third-order valence-electron chi connectivity index (χ3n) is 0.708. The molecule has 1 radical (unpaired) electrons. The van der Waals surface area contributed by atoms with Crippen LogP contribution in [0, 0.1) is 0 Å². The van der Waals surface area contributed by atoms with Crippen molar-refractivity contribution in [2.75, 3.05) is 0 Å². The molecule has 0 aromatic heterocycles. The largest absolute Gasteiger partial charge is 0.385 e. The van der Waals surface area contributed by atoms with Gasteiger partial charge in [-0.05, 0) is 17.7 Å². The third-order valence-corrected chi connectivity index (χ3v) is 0.708. The lowest BCUT2D eigenvalue weighted by molar-refractivity contribution is 0.260. The molecular weight excluding hydrogens is 108 g/mol. The fourth-order valence-electron chi connectivity index (χ4n) is 0.319. The third kappa shape index (κ3) is 0.812. The first kappa shape index (κ1) is 5.17. The maximum atomic E-state index is 8.71. The van der Waals surface area contributed by atoms with E-state index < -0.39 is 6.10 Å². The van der Waals surface area contributed by atoms with Gasteiger partial charge in [0, 0.05) is 0 Å². The zero-order valence-corrected chi connectivity index (χ0v) is 4.31. The zero-order valence-electron chi connectivity index (χ0n) is 4.31. The van der Waals surface area contributed by atoms with Crippen molar-refractivity contribution in [3.05, 3.63) is 0 Å². The number of hydrogen-bond donors (Lipinski definition) is 1. The van der Waals surface area contributed by atoms with E-state index in [-0.39, 0.29) is 5.84 Å². The van der Waals surface area contributed by atoms with Gasteiger partial charge in [0.1, 0.15) is 6.10 Å². The fraction of sp³-hybridized carbons (Fsp3) is 0.667. The van der Waals surface area contributed by atoms with Gasteiger partial charge in [-0.25, -0.2) is 0 Å². The predicted molar refractivity (Wildman–Crippen MR) is 26.1 cm³/mol. The first-order chi connectivity index (χ1) is 3.80. The van der Waals surface area contributed by atoms with Gasteiger partial charge in [0.05, 0.1) is 0 Å². The Balaban J connectivity index is 2.58. The highest BCUT2D eigenvalue weighted by atomic mass is 16.3. The Morgan fingerprint density at radius 3 is 2.62 bits per heavy atom. The van der Waals surface area contributed by atoms with Crippen LogP contribution in [-0.2, 0) is 0 Å². The summed E-state index contributed by atoms with van der Waals surface area (Å²) in [5.74, 6) is 0.269. The number of aliphatic hydroxyl groups is 1. The molecule has 0 aromatic carbocycles. The number of amidine groups is 1. The molecule has 0 bridgehead atoms. The Morgan fingerprint density at radius 2 is 2.38 bits per heavy atom. The molecule has 0 fully saturated rings. The number of rotatable bonds is 1. The predicted octanol–water partition coefficient (Wildman–Crippen LogP) is -0.334. The van der Waals surface area contributed by atoms with E-state index in [1.807, 2.05) is 0 Å². The summed E-state index contributed by atoms with van der Waals surface area (Å²) in [4.78, 5) is 0. The summed E-state index contributed by atoms with van der Waals surface area (Å²) in [5.41, 5.74) is 3.17. The van der Waals surface area contributed by atoms with Crippen molar-refractivity contribution < 1.29 is 5.11 Å². The molecule has 1 atom stereocenters. The minimum atomic E-state index is -0.662. The molecule has 1 heterocycles. The number of hydrogen-bond acceptors (Lipinski definition) is 4. The lowest BCUT2D eigenvalue weighted by Gasteiger charge is -1.92. The molecule has 0 aromatic rings. The minimum absolute atomic E-state index is 0.269. The van der Waals surface area contributed by atoms with Crippen LogP contribution in [0.4, 0.5) is 0 Å². The first-order valence-electron chi connectivity index (χ1n) is 2.17. The lowest BCUT2D eigenvalue weighted by atomic mass is 10.4. The van der Waals surface area contributed by atoms with Gasteiger partial charge < -0.3 is 5.11 Å². The topological polar surface area (TPSA) is 71.4 Å². The van der Waals surface area contributed by atoms with Gasteiger partial charge in [0.25, 0.3) is 0 Å². The molecule has 0 aliphatic carbocycles. The van der Waals surface area contributed by atoms with Gasteiger partial charge in [-0.2, -0.15) is 0 Å². The standard InChI is InChI=1S/C3H5N4O/c1-2(8)3-4-6-7-5-3/h2,8H,1H3. The van der Waals surface area contributed by atoms with Crippen molar-refractivity contribution >= 4 is 5.84 Å². The molecular formula is C3H5N4O. The highest BCUT2D eigenvalue weighted by Gasteiger charge is 2.09. The summed E-state index contributed by atoms with van der Waals surface area (Å²) < 4.78 is 0. The molecule has 1 aliphatic heterocycles. The van der Waals surface area contributed by atoms with Crippen LogP contribution in [0.25, 0.3) is 0 Å². The SMILES string of the molecule is CC(O)C1=N[N]N=N1.